The van der Waals surface area contributed by atoms with Crippen molar-refractivity contribution in [2.24, 2.45) is 0 Å². The number of anilines is 3. The van der Waals surface area contributed by atoms with Crippen LogP contribution in [0.2, 0.25) is 0 Å². The summed E-state index contributed by atoms with van der Waals surface area (Å²) in [5, 5.41) is 0. The van der Waals surface area contributed by atoms with Gasteiger partial charge in [0, 0.05) is 27.6 Å². The fourth-order valence-corrected chi connectivity index (χ4v) is 14.3. The van der Waals surface area contributed by atoms with Gasteiger partial charge in [-0.05, 0) is 152 Å². The number of para-hydroxylation sites is 1. The normalized spacial score (nSPS) is 15.3. The van der Waals surface area contributed by atoms with E-state index in [9.17, 15) is 0 Å². The van der Waals surface area contributed by atoms with Crippen molar-refractivity contribution in [1.29, 1.82) is 0 Å². The van der Waals surface area contributed by atoms with Gasteiger partial charge < -0.3 is 4.90 Å². The van der Waals surface area contributed by atoms with E-state index in [4.69, 9.17) is 0 Å². The average Bonchev–Trinajstić information content (AvgIpc) is 4.19. The summed E-state index contributed by atoms with van der Waals surface area (Å²) in [5.74, 6) is 0. The highest BCUT2D eigenvalue weighted by atomic mass is 15.1. The second-order valence-corrected chi connectivity index (χ2v) is 25.2. The largest absolute Gasteiger partial charge is 0.309 e. The molecule has 0 saturated heterocycles. The number of nitrogens with zero attached hydrogens (tertiary/aromatic N) is 1. The molecule has 1 spiro atoms. The monoisotopic (exact) mass is 980 g/mol. The summed E-state index contributed by atoms with van der Waals surface area (Å²) in [4.78, 5) is 2.59. The Labute approximate surface area is 450 Å². The average molecular weight is 980 g/mol. The van der Waals surface area contributed by atoms with E-state index in [-0.39, 0.29) is 21.7 Å². The van der Waals surface area contributed by atoms with Crippen molar-refractivity contribution in [2.75, 3.05) is 4.90 Å². The van der Waals surface area contributed by atoms with E-state index in [0.29, 0.717) is 0 Å². The summed E-state index contributed by atoms with van der Waals surface area (Å²) >= 11 is 0. The molecular formula is C75H65N. The quantitative estimate of drug-likeness (QED) is 0.166. The number of benzene rings is 10. The summed E-state index contributed by atoms with van der Waals surface area (Å²) in [5.41, 5.74) is 31.8. The lowest BCUT2D eigenvalue weighted by Gasteiger charge is -2.34. The van der Waals surface area contributed by atoms with Crippen molar-refractivity contribution >= 4 is 17.1 Å². The molecule has 4 aliphatic rings. The lowest BCUT2D eigenvalue weighted by atomic mass is 9.69. The van der Waals surface area contributed by atoms with Gasteiger partial charge in [-0.3, -0.25) is 0 Å². The summed E-state index contributed by atoms with van der Waals surface area (Å²) < 4.78 is 0. The Kier molecular flexibility index (Phi) is 9.80. The van der Waals surface area contributed by atoms with Crippen molar-refractivity contribution in [3.8, 4) is 66.8 Å². The molecule has 0 radical (unpaired) electrons. The van der Waals surface area contributed by atoms with Crippen LogP contribution in [0.4, 0.5) is 17.1 Å². The van der Waals surface area contributed by atoms with Gasteiger partial charge in [-0.15, -0.1) is 0 Å². The first-order chi connectivity index (χ1) is 36.5. The molecule has 0 N–H and O–H groups in total. The summed E-state index contributed by atoms with van der Waals surface area (Å²) in [6, 6.07) is 82.0. The van der Waals surface area contributed by atoms with Crippen LogP contribution in [-0.4, -0.2) is 0 Å². The van der Waals surface area contributed by atoms with Crippen LogP contribution < -0.4 is 4.90 Å². The molecule has 0 heterocycles. The molecule has 0 bridgehead atoms. The SMILES string of the molecule is CC(C)(C)c1ccc2c(c1)C1(c3cc(C(C)(C)C)ccc3-2)c2ccccc2-c2c(N(c3ccc(-c4ccc5c(c4)-c4ccccc4C5(C)C)cc3)c3ccccc3-c3cccc4c3-c3ccccc3C4(C)C)cccc21. The molecule has 10 aromatic carbocycles. The second kappa shape index (κ2) is 16.0. The van der Waals surface area contributed by atoms with Gasteiger partial charge in [-0.25, -0.2) is 0 Å². The first-order valence-electron chi connectivity index (χ1n) is 27.5. The van der Waals surface area contributed by atoms with Crippen LogP contribution in [0.15, 0.2) is 212 Å². The Morgan fingerprint density at radius 1 is 0.289 bits per heavy atom. The summed E-state index contributed by atoms with van der Waals surface area (Å²) in [6.07, 6.45) is 0. The van der Waals surface area contributed by atoms with Gasteiger partial charge in [-0.1, -0.05) is 251 Å². The Morgan fingerprint density at radius 3 is 1.38 bits per heavy atom. The lowest BCUT2D eigenvalue weighted by molar-refractivity contribution is 0.586. The zero-order valence-electron chi connectivity index (χ0n) is 45.7. The fraction of sp³-hybridized carbons (Fsp3) is 0.200. The van der Waals surface area contributed by atoms with Crippen molar-refractivity contribution in [2.45, 2.75) is 96.3 Å². The van der Waals surface area contributed by atoms with E-state index in [1.807, 2.05) is 0 Å². The molecule has 1 heteroatoms. The molecule has 0 unspecified atom stereocenters. The van der Waals surface area contributed by atoms with Crippen LogP contribution >= 0.6 is 0 Å². The predicted molar refractivity (Wildman–Crippen MR) is 321 cm³/mol. The predicted octanol–water partition coefficient (Wildman–Crippen LogP) is 20.0. The third-order valence-corrected chi connectivity index (χ3v) is 18.2. The van der Waals surface area contributed by atoms with Crippen molar-refractivity contribution < 1.29 is 0 Å². The highest BCUT2D eigenvalue weighted by Gasteiger charge is 2.53. The lowest BCUT2D eigenvalue weighted by Crippen LogP contribution is -2.27. The van der Waals surface area contributed by atoms with E-state index in [2.05, 4.69) is 286 Å². The minimum absolute atomic E-state index is 0.0365. The fourth-order valence-electron chi connectivity index (χ4n) is 14.3. The first kappa shape index (κ1) is 46.5. The van der Waals surface area contributed by atoms with Crippen molar-refractivity contribution in [3.63, 3.8) is 0 Å². The molecule has 0 aliphatic heterocycles. The summed E-state index contributed by atoms with van der Waals surface area (Å²) in [6.45, 7) is 23.6. The molecule has 10 aromatic rings. The van der Waals surface area contributed by atoms with E-state index in [1.54, 1.807) is 0 Å². The zero-order chi connectivity index (χ0) is 52.3. The Hall–Kier alpha value is -8.00. The maximum atomic E-state index is 2.59. The molecule has 0 atom stereocenters. The third-order valence-electron chi connectivity index (χ3n) is 18.2. The van der Waals surface area contributed by atoms with E-state index in [1.165, 1.54) is 128 Å². The Morgan fingerprint density at radius 2 is 0.737 bits per heavy atom. The van der Waals surface area contributed by atoms with Gasteiger partial charge >= 0.3 is 0 Å². The molecule has 0 aromatic heterocycles. The highest BCUT2D eigenvalue weighted by molar-refractivity contribution is 6.04. The number of rotatable bonds is 5. The third kappa shape index (κ3) is 6.38. The Bertz CT molecular complexity index is 4000. The van der Waals surface area contributed by atoms with Crippen LogP contribution in [-0.2, 0) is 27.1 Å². The van der Waals surface area contributed by atoms with Gasteiger partial charge in [0.15, 0.2) is 0 Å². The second-order valence-electron chi connectivity index (χ2n) is 25.2. The van der Waals surface area contributed by atoms with Crippen molar-refractivity contribution in [3.05, 3.63) is 268 Å². The molecule has 1 nitrogen and oxygen atoms in total. The molecule has 0 amide bonds. The van der Waals surface area contributed by atoms with Crippen LogP contribution in [0.5, 0.6) is 0 Å². The minimum atomic E-state index is -0.541. The first-order valence-corrected chi connectivity index (χ1v) is 27.5. The van der Waals surface area contributed by atoms with Gasteiger partial charge in [0.05, 0.1) is 16.8 Å². The standard InChI is InChI=1S/C75H65N/c1-71(2,3)48-36-40-52-53-41-37-49(72(4,5)6)45-66(53)75(65(52)44-48)62-28-17-13-24-57(62)70-64(75)30-20-32-68(70)76(50-38-33-46(34-39-50)47-35-42-61-58(43-47)51-21-11-15-26-59(51)73(61,7)8)67-31-18-14-22-54(67)55-25-19-29-63-69(55)56-23-12-16-27-60(56)74(63,9)10/h11-45H,1-10H3. The topological polar surface area (TPSA) is 3.24 Å². The van der Waals surface area contributed by atoms with Crippen LogP contribution in [0, 0.1) is 0 Å². The number of hydrogen-bond donors (Lipinski definition) is 0. The van der Waals surface area contributed by atoms with Crippen LogP contribution in [0.3, 0.4) is 0 Å². The Balaban J connectivity index is 1.03. The highest BCUT2D eigenvalue weighted by Crippen LogP contribution is 2.66. The number of fused-ring (bicyclic) bond motifs is 16. The molecule has 4 aliphatic carbocycles. The zero-order valence-corrected chi connectivity index (χ0v) is 45.7. The van der Waals surface area contributed by atoms with E-state index < -0.39 is 5.41 Å². The molecule has 76 heavy (non-hydrogen) atoms. The molecule has 14 rings (SSSR count). The van der Waals surface area contributed by atoms with Gasteiger partial charge in [0.1, 0.15) is 0 Å². The smallest absolute Gasteiger partial charge is 0.0726 e. The summed E-state index contributed by atoms with van der Waals surface area (Å²) in [7, 11) is 0. The number of hydrogen-bond acceptors (Lipinski definition) is 1. The molecule has 370 valence electrons. The van der Waals surface area contributed by atoms with Gasteiger partial charge in [-0.2, -0.15) is 0 Å². The minimum Gasteiger partial charge on any atom is -0.309 e. The maximum absolute atomic E-state index is 2.59. The maximum Gasteiger partial charge on any atom is 0.0726 e. The van der Waals surface area contributed by atoms with Crippen LogP contribution in [0.1, 0.15) is 125 Å². The van der Waals surface area contributed by atoms with Crippen LogP contribution in [0.25, 0.3) is 66.8 Å². The van der Waals surface area contributed by atoms with Gasteiger partial charge in [0.25, 0.3) is 0 Å². The van der Waals surface area contributed by atoms with Crippen molar-refractivity contribution in [1.82, 2.24) is 0 Å². The van der Waals surface area contributed by atoms with Gasteiger partial charge in [0.2, 0.25) is 0 Å². The van der Waals surface area contributed by atoms with E-state index >= 15 is 0 Å². The molecule has 0 saturated carbocycles. The molecular weight excluding hydrogens is 915 g/mol. The molecule has 0 fully saturated rings. The van der Waals surface area contributed by atoms with E-state index in [0.717, 1.165) is 11.4 Å².